The Labute approximate surface area is 213 Å². The molecule has 0 heterocycles. The van der Waals surface area contributed by atoms with Gasteiger partial charge in [-0.15, -0.1) is 0 Å². The molecule has 1 atom stereocenters. The molecule has 0 aliphatic rings. The number of carbonyl (C=O) groups is 2. The Morgan fingerprint density at radius 3 is 2.25 bits per heavy atom. The third-order valence-electron chi connectivity index (χ3n) is 5.66. The van der Waals surface area contributed by atoms with Crippen LogP contribution in [0.5, 0.6) is 5.75 Å². The first-order chi connectivity index (χ1) is 16.9. The molecule has 36 heavy (non-hydrogen) atoms. The second kappa shape index (κ2) is 13.2. The monoisotopic (exact) mass is 521 g/mol. The van der Waals surface area contributed by atoms with Gasteiger partial charge >= 0.3 is 0 Å². The largest absolute Gasteiger partial charge is 0.497 e. The summed E-state index contributed by atoms with van der Waals surface area (Å²) in [5, 5.41) is 2.82. The number of sulfonamides is 1. The minimum absolute atomic E-state index is 0.0154. The van der Waals surface area contributed by atoms with Crippen LogP contribution in [0.3, 0.4) is 0 Å². The molecule has 2 aromatic rings. The second-order valence-electron chi connectivity index (χ2n) is 9.06. The number of hydrogen-bond donors (Lipinski definition) is 1. The van der Waals surface area contributed by atoms with Crippen LogP contribution < -0.4 is 14.4 Å². The Morgan fingerprint density at radius 2 is 1.69 bits per heavy atom. The van der Waals surface area contributed by atoms with Crippen LogP contribution in [0.25, 0.3) is 0 Å². The number of nitrogens with one attached hydrogen (secondary N) is 1. The van der Waals surface area contributed by atoms with Crippen LogP contribution in [0.1, 0.15) is 39.2 Å². The van der Waals surface area contributed by atoms with Gasteiger partial charge in [0.05, 0.1) is 19.1 Å². The third kappa shape index (κ3) is 8.51. The topological polar surface area (TPSA) is 96.0 Å². The zero-order valence-electron chi connectivity index (χ0n) is 21.5. The van der Waals surface area contributed by atoms with E-state index in [0.29, 0.717) is 23.5 Å². The van der Waals surface area contributed by atoms with Crippen LogP contribution in [0.4, 0.5) is 10.1 Å². The van der Waals surface area contributed by atoms with Crippen molar-refractivity contribution >= 4 is 27.5 Å². The normalized spacial score (nSPS) is 12.2. The van der Waals surface area contributed by atoms with Gasteiger partial charge in [0.1, 0.15) is 17.6 Å². The van der Waals surface area contributed by atoms with E-state index in [-0.39, 0.29) is 43.7 Å². The number of benzene rings is 2. The second-order valence-corrected chi connectivity index (χ2v) is 11.0. The van der Waals surface area contributed by atoms with Crippen LogP contribution in [-0.4, -0.2) is 57.6 Å². The van der Waals surface area contributed by atoms with E-state index in [1.54, 1.807) is 49.4 Å². The van der Waals surface area contributed by atoms with Crippen LogP contribution in [0.15, 0.2) is 48.5 Å². The van der Waals surface area contributed by atoms with Gasteiger partial charge in [-0.1, -0.05) is 32.0 Å². The van der Waals surface area contributed by atoms with Crippen LogP contribution in [0, 0.1) is 11.7 Å². The minimum atomic E-state index is -3.60. The highest BCUT2D eigenvalue weighted by Gasteiger charge is 2.27. The highest BCUT2D eigenvalue weighted by atomic mass is 32.2. The van der Waals surface area contributed by atoms with Gasteiger partial charge in [-0.3, -0.25) is 13.9 Å². The summed E-state index contributed by atoms with van der Waals surface area (Å²) in [6.45, 7) is 5.98. The van der Waals surface area contributed by atoms with Gasteiger partial charge in [0.2, 0.25) is 21.8 Å². The molecule has 0 bridgehead atoms. The highest BCUT2D eigenvalue weighted by molar-refractivity contribution is 7.92. The molecule has 10 heteroatoms. The molecule has 0 saturated heterocycles. The predicted octanol–water partition coefficient (Wildman–Crippen LogP) is 3.57. The summed E-state index contributed by atoms with van der Waals surface area (Å²) in [7, 11) is -2.08. The molecule has 2 rings (SSSR count). The first-order valence-corrected chi connectivity index (χ1v) is 13.7. The van der Waals surface area contributed by atoms with Gasteiger partial charge in [-0.25, -0.2) is 12.8 Å². The maximum absolute atomic E-state index is 14.3. The van der Waals surface area contributed by atoms with Crippen molar-refractivity contribution in [1.82, 2.24) is 10.2 Å². The molecular formula is C26H36FN3O5S. The molecule has 8 nitrogen and oxygen atoms in total. The molecule has 198 valence electrons. The highest BCUT2D eigenvalue weighted by Crippen LogP contribution is 2.22. The Hall–Kier alpha value is -3.14. The molecule has 2 amide bonds. The predicted molar refractivity (Wildman–Crippen MR) is 139 cm³/mol. The number of carbonyl (C=O) groups excluding carboxylic acids is 2. The maximum atomic E-state index is 14.3. The van der Waals surface area contributed by atoms with E-state index in [1.165, 1.54) is 22.4 Å². The molecule has 2 aromatic carbocycles. The molecule has 0 fully saturated rings. The summed E-state index contributed by atoms with van der Waals surface area (Å²) in [6.07, 6.45) is 1.30. The van der Waals surface area contributed by atoms with Crippen molar-refractivity contribution in [3.05, 3.63) is 59.9 Å². The van der Waals surface area contributed by atoms with Crippen LogP contribution in [-0.2, 0) is 26.2 Å². The number of methoxy groups -OCH3 is 1. The van der Waals surface area contributed by atoms with Crippen molar-refractivity contribution in [2.45, 2.75) is 46.2 Å². The Bertz CT molecular complexity index is 1120. The fourth-order valence-electron chi connectivity index (χ4n) is 3.60. The summed E-state index contributed by atoms with van der Waals surface area (Å²) < 4.78 is 45.5. The summed E-state index contributed by atoms with van der Waals surface area (Å²) in [5.41, 5.74) is 0.751. The average Bonchev–Trinajstić information content (AvgIpc) is 2.83. The number of halogens is 1. The molecule has 0 spiro atoms. The summed E-state index contributed by atoms with van der Waals surface area (Å²) in [4.78, 5) is 27.3. The van der Waals surface area contributed by atoms with Gasteiger partial charge in [0.25, 0.3) is 0 Å². The minimum Gasteiger partial charge on any atom is -0.497 e. The van der Waals surface area contributed by atoms with E-state index >= 15 is 0 Å². The number of anilines is 1. The summed E-state index contributed by atoms with van der Waals surface area (Å²) >= 11 is 0. The standard InChI is InChI=1S/C26H36FN3O5S/c1-19(2)17-28-26(32)20(3)29(18-21-9-6-7-10-24(21)27)25(31)11-8-16-30(36(5,33)34)22-12-14-23(35-4)15-13-22/h6-7,9-10,12-15,19-20H,8,11,16-18H2,1-5H3,(H,28,32)/t20-/m1/s1. The van der Waals surface area contributed by atoms with Gasteiger partial charge in [-0.05, 0) is 49.6 Å². The Morgan fingerprint density at radius 1 is 1.06 bits per heavy atom. The van der Waals surface area contributed by atoms with Crippen molar-refractivity contribution in [2.75, 3.05) is 30.8 Å². The Kier molecular flexibility index (Phi) is 10.7. The molecule has 0 unspecified atom stereocenters. The smallest absolute Gasteiger partial charge is 0.242 e. The van der Waals surface area contributed by atoms with E-state index in [4.69, 9.17) is 4.74 Å². The fourth-order valence-corrected chi connectivity index (χ4v) is 4.56. The number of nitrogens with zero attached hydrogens (tertiary/aromatic N) is 2. The molecule has 0 aromatic heterocycles. The molecular weight excluding hydrogens is 485 g/mol. The maximum Gasteiger partial charge on any atom is 0.242 e. The van der Waals surface area contributed by atoms with E-state index in [2.05, 4.69) is 5.32 Å². The zero-order valence-corrected chi connectivity index (χ0v) is 22.3. The lowest BCUT2D eigenvalue weighted by molar-refractivity contribution is -0.140. The van der Waals surface area contributed by atoms with Crippen molar-refractivity contribution < 1.29 is 27.1 Å². The molecule has 0 aliphatic heterocycles. The van der Waals surface area contributed by atoms with E-state index < -0.39 is 21.9 Å². The van der Waals surface area contributed by atoms with Gasteiger partial charge in [-0.2, -0.15) is 0 Å². The Balaban J connectivity index is 2.16. The van der Waals surface area contributed by atoms with Crippen molar-refractivity contribution in [1.29, 1.82) is 0 Å². The van der Waals surface area contributed by atoms with E-state index in [1.807, 2.05) is 13.8 Å². The van der Waals surface area contributed by atoms with Gasteiger partial charge in [0, 0.05) is 31.6 Å². The number of hydrogen-bond acceptors (Lipinski definition) is 5. The van der Waals surface area contributed by atoms with Gasteiger partial charge in [0.15, 0.2) is 0 Å². The van der Waals surface area contributed by atoms with E-state index in [0.717, 1.165) is 6.26 Å². The van der Waals surface area contributed by atoms with Crippen LogP contribution in [0.2, 0.25) is 0 Å². The lowest BCUT2D eigenvalue weighted by atomic mass is 10.1. The van der Waals surface area contributed by atoms with Crippen LogP contribution >= 0.6 is 0 Å². The summed E-state index contributed by atoms with van der Waals surface area (Å²) in [6, 6.07) is 11.9. The lowest BCUT2D eigenvalue weighted by Gasteiger charge is -2.29. The molecule has 0 aliphatic carbocycles. The number of rotatable bonds is 13. The lowest BCUT2D eigenvalue weighted by Crippen LogP contribution is -2.48. The summed E-state index contributed by atoms with van der Waals surface area (Å²) in [5.74, 6) is -0.335. The quantitative estimate of drug-likeness (QED) is 0.435. The first kappa shape index (κ1) is 29.1. The average molecular weight is 522 g/mol. The van der Waals surface area contributed by atoms with Crippen molar-refractivity contribution in [2.24, 2.45) is 5.92 Å². The van der Waals surface area contributed by atoms with Crippen molar-refractivity contribution in [3.63, 3.8) is 0 Å². The van der Waals surface area contributed by atoms with Crippen molar-refractivity contribution in [3.8, 4) is 5.75 Å². The number of amides is 2. The molecule has 1 N–H and O–H groups in total. The fraction of sp³-hybridized carbons (Fsp3) is 0.462. The van der Waals surface area contributed by atoms with Gasteiger partial charge < -0.3 is 15.0 Å². The number of ether oxygens (including phenoxy) is 1. The molecule has 0 radical (unpaired) electrons. The zero-order chi connectivity index (χ0) is 26.9. The molecule has 0 saturated carbocycles. The SMILES string of the molecule is COc1ccc(N(CCCC(=O)N(Cc2ccccc2F)[C@H](C)C(=O)NCC(C)C)S(C)(=O)=O)cc1. The van der Waals surface area contributed by atoms with E-state index in [9.17, 15) is 22.4 Å². The third-order valence-corrected chi connectivity index (χ3v) is 6.86. The first-order valence-electron chi connectivity index (χ1n) is 11.9.